The molecular formula is C19H23BrN2O4. The summed E-state index contributed by atoms with van der Waals surface area (Å²) < 4.78 is 4.77. The lowest BCUT2D eigenvalue weighted by atomic mass is 10.0. The van der Waals surface area contributed by atoms with Gasteiger partial charge in [0.1, 0.15) is 11.8 Å². The highest BCUT2D eigenvalue weighted by molar-refractivity contribution is 8.93. The molecule has 0 fully saturated rings. The van der Waals surface area contributed by atoms with E-state index in [1.165, 1.54) is 19.2 Å². The van der Waals surface area contributed by atoms with E-state index in [1.54, 1.807) is 12.1 Å². The highest BCUT2D eigenvalue weighted by Crippen LogP contribution is 2.11. The maximum absolute atomic E-state index is 12.3. The molecule has 0 aliphatic rings. The first-order chi connectivity index (χ1) is 12.0. The van der Waals surface area contributed by atoms with Crippen molar-refractivity contribution in [2.45, 2.75) is 24.9 Å². The van der Waals surface area contributed by atoms with E-state index in [9.17, 15) is 14.7 Å². The molecule has 1 amide bonds. The van der Waals surface area contributed by atoms with E-state index in [-0.39, 0.29) is 22.7 Å². The zero-order chi connectivity index (χ0) is 18.2. The lowest BCUT2D eigenvalue weighted by molar-refractivity contribution is -0.145. The molecular weight excluding hydrogens is 400 g/mol. The van der Waals surface area contributed by atoms with Gasteiger partial charge in [0.2, 0.25) is 5.91 Å². The molecule has 7 heteroatoms. The Morgan fingerprint density at radius 1 is 1.04 bits per heavy atom. The number of hydrogen-bond acceptors (Lipinski definition) is 5. The molecule has 0 unspecified atom stereocenters. The molecule has 0 aromatic heterocycles. The molecule has 0 heterocycles. The van der Waals surface area contributed by atoms with Crippen LogP contribution in [0.3, 0.4) is 0 Å². The Morgan fingerprint density at radius 2 is 1.62 bits per heavy atom. The minimum Gasteiger partial charge on any atom is -0.508 e. The molecule has 6 nitrogen and oxygen atoms in total. The number of methoxy groups -OCH3 is 1. The third kappa shape index (κ3) is 6.50. The van der Waals surface area contributed by atoms with E-state index in [0.717, 1.165) is 11.1 Å². The molecule has 0 aliphatic carbocycles. The number of hydrogen-bond donors (Lipinski definition) is 3. The van der Waals surface area contributed by atoms with Gasteiger partial charge in [-0.25, -0.2) is 4.79 Å². The van der Waals surface area contributed by atoms with Crippen LogP contribution in [0.1, 0.15) is 11.1 Å². The number of phenolic OH excluding ortho intramolecular Hbond substituents is 1. The molecule has 0 radical (unpaired) electrons. The zero-order valence-corrected chi connectivity index (χ0v) is 16.1. The number of halogens is 1. The number of aromatic hydroxyl groups is 1. The van der Waals surface area contributed by atoms with Crippen molar-refractivity contribution >= 4 is 28.9 Å². The summed E-state index contributed by atoms with van der Waals surface area (Å²) in [4.78, 5) is 24.3. The number of rotatable bonds is 7. The summed E-state index contributed by atoms with van der Waals surface area (Å²) in [6.45, 7) is 0. The number of carbonyl (C=O) groups is 2. The molecule has 0 aliphatic heterocycles. The minimum atomic E-state index is -0.813. The van der Waals surface area contributed by atoms with Crippen LogP contribution >= 0.6 is 17.0 Å². The molecule has 2 rings (SSSR count). The van der Waals surface area contributed by atoms with E-state index in [1.807, 2.05) is 30.3 Å². The second kappa shape index (κ2) is 10.6. The third-order valence-electron chi connectivity index (χ3n) is 3.81. The van der Waals surface area contributed by atoms with Gasteiger partial charge in [-0.15, -0.1) is 17.0 Å². The second-order valence-electron chi connectivity index (χ2n) is 5.75. The van der Waals surface area contributed by atoms with Crippen LogP contribution in [0.4, 0.5) is 0 Å². The van der Waals surface area contributed by atoms with Gasteiger partial charge in [-0.1, -0.05) is 42.5 Å². The van der Waals surface area contributed by atoms with Gasteiger partial charge < -0.3 is 20.9 Å². The summed E-state index contributed by atoms with van der Waals surface area (Å²) in [6.07, 6.45) is 0.622. The number of amides is 1. The highest BCUT2D eigenvalue weighted by atomic mass is 79.9. The fraction of sp³-hybridized carbons (Fsp3) is 0.263. The Balaban J connectivity index is 0.00000338. The fourth-order valence-corrected chi connectivity index (χ4v) is 2.44. The van der Waals surface area contributed by atoms with Crippen molar-refractivity contribution in [3.63, 3.8) is 0 Å². The normalized spacial score (nSPS) is 12.4. The van der Waals surface area contributed by atoms with Gasteiger partial charge in [0.15, 0.2) is 0 Å². The topological polar surface area (TPSA) is 102 Å². The average Bonchev–Trinajstić information content (AvgIpc) is 2.63. The number of ether oxygens (including phenoxy) is 1. The minimum absolute atomic E-state index is 0. The number of phenols is 1. The fourth-order valence-electron chi connectivity index (χ4n) is 2.44. The summed E-state index contributed by atoms with van der Waals surface area (Å²) in [7, 11) is 1.28. The van der Waals surface area contributed by atoms with Crippen LogP contribution in [0.5, 0.6) is 5.75 Å². The van der Waals surface area contributed by atoms with E-state index < -0.39 is 24.0 Å². The maximum atomic E-state index is 12.3. The van der Waals surface area contributed by atoms with Crippen molar-refractivity contribution in [1.82, 2.24) is 5.32 Å². The van der Waals surface area contributed by atoms with Crippen LogP contribution in [-0.4, -0.2) is 36.2 Å². The predicted octanol–water partition coefficient (Wildman–Crippen LogP) is 1.74. The molecule has 140 valence electrons. The van der Waals surface area contributed by atoms with Gasteiger partial charge >= 0.3 is 5.97 Å². The summed E-state index contributed by atoms with van der Waals surface area (Å²) in [5.41, 5.74) is 7.67. The first-order valence-corrected chi connectivity index (χ1v) is 7.95. The first kappa shape index (κ1) is 21.7. The lowest BCUT2D eigenvalue weighted by Crippen LogP contribution is -2.50. The van der Waals surface area contributed by atoms with E-state index in [2.05, 4.69) is 5.32 Å². The lowest BCUT2D eigenvalue weighted by Gasteiger charge is -2.19. The van der Waals surface area contributed by atoms with Crippen molar-refractivity contribution in [3.8, 4) is 5.75 Å². The summed E-state index contributed by atoms with van der Waals surface area (Å²) in [5.74, 6) is -0.802. The van der Waals surface area contributed by atoms with E-state index in [0.29, 0.717) is 12.8 Å². The first-order valence-electron chi connectivity index (χ1n) is 7.95. The van der Waals surface area contributed by atoms with Crippen LogP contribution in [0, 0.1) is 0 Å². The number of esters is 1. The average molecular weight is 423 g/mol. The van der Waals surface area contributed by atoms with Gasteiger partial charge in [-0.05, 0) is 29.7 Å². The summed E-state index contributed by atoms with van der Waals surface area (Å²) >= 11 is 0. The van der Waals surface area contributed by atoms with Crippen molar-refractivity contribution in [3.05, 3.63) is 65.7 Å². The van der Waals surface area contributed by atoms with Gasteiger partial charge in [-0.3, -0.25) is 4.79 Å². The molecule has 2 atom stereocenters. The Morgan fingerprint density at radius 3 is 2.19 bits per heavy atom. The molecule has 26 heavy (non-hydrogen) atoms. The third-order valence-corrected chi connectivity index (χ3v) is 3.81. The summed E-state index contributed by atoms with van der Waals surface area (Å²) in [5, 5.41) is 11.9. The van der Waals surface area contributed by atoms with Crippen molar-refractivity contribution in [1.29, 1.82) is 0 Å². The Labute approximate surface area is 163 Å². The number of nitrogens with one attached hydrogen (secondary N) is 1. The highest BCUT2D eigenvalue weighted by Gasteiger charge is 2.24. The SMILES string of the molecule is Br.COC(=O)[C@H](Cc1ccccc1)NC(=O)[C@@H](N)Cc1ccc(O)cc1. The number of carbonyl (C=O) groups excluding carboxylic acids is 2. The largest absolute Gasteiger partial charge is 0.508 e. The van der Waals surface area contributed by atoms with E-state index >= 15 is 0 Å². The smallest absolute Gasteiger partial charge is 0.328 e. The Hall–Kier alpha value is -2.38. The number of benzene rings is 2. The molecule has 0 bridgehead atoms. The van der Waals surface area contributed by atoms with Gasteiger partial charge in [-0.2, -0.15) is 0 Å². The van der Waals surface area contributed by atoms with Crippen LogP contribution in [0.2, 0.25) is 0 Å². The maximum Gasteiger partial charge on any atom is 0.328 e. The standard InChI is InChI=1S/C19H22N2O4.BrH/c1-25-19(24)17(12-13-5-3-2-4-6-13)21-18(23)16(20)11-14-7-9-15(22)10-8-14;/h2-10,16-17,22H,11-12,20H2,1H3,(H,21,23);1H/t16-,17-;/m0./s1. The quantitative estimate of drug-likeness (QED) is 0.589. The van der Waals surface area contributed by atoms with Crippen LogP contribution in [0.25, 0.3) is 0 Å². The molecule has 4 N–H and O–H groups in total. The molecule has 2 aromatic carbocycles. The van der Waals surface area contributed by atoms with Crippen LogP contribution in [-0.2, 0) is 27.2 Å². The van der Waals surface area contributed by atoms with Crippen molar-refractivity contribution in [2.75, 3.05) is 7.11 Å². The van der Waals surface area contributed by atoms with E-state index in [4.69, 9.17) is 10.5 Å². The molecule has 0 saturated carbocycles. The van der Waals surface area contributed by atoms with Crippen molar-refractivity contribution < 1.29 is 19.4 Å². The number of nitrogens with two attached hydrogens (primary N) is 1. The second-order valence-corrected chi connectivity index (χ2v) is 5.75. The summed E-state index contributed by atoms with van der Waals surface area (Å²) in [6, 6.07) is 14.2. The molecule has 2 aromatic rings. The van der Waals surface area contributed by atoms with Crippen LogP contribution in [0.15, 0.2) is 54.6 Å². The van der Waals surface area contributed by atoms with Crippen LogP contribution < -0.4 is 11.1 Å². The Kier molecular flexibility index (Phi) is 8.81. The van der Waals surface area contributed by atoms with Crippen molar-refractivity contribution in [2.24, 2.45) is 5.73 Å². The molecule has 0 saturated heterocycles. The predicted molar refractivity (Wildman–Crippen MR) is 104 cm³/mol. The zero-order valence-electron chi connectivity index (χ0n) is 14.4. The monoisotopic (exact) mass is 422 g/mol. The Bertz CT molecular complexity index is 707. The van der Waals surface area contributed by atoms with Gasteiger partial charge in [0, 0.05) is 6.42 Å². The van der Waals surface area contributed by atoms with Gasteiger partial charge in [0.25, 0.3) is 0 Å². The molecule has 0 spiro atoms. The van der Waals surface area contributed by atoms with Gasteiger partial charge in [0.05, 0.1) is 13.2 Å².